The van der Waals surface area contributed by atoms with Gasteiger partial charge in [0.1, 0.15) is 11.9 Å². The highest BCUT2D eigenvalue weighted by molar-refractivity contribution is 5.75. The number of halogens is 1. The van der Waals surface area contributed by atoms with Crippen LogP contribution in [0, 0.1) is 17.1 Å². The molecule has 0 aromatic heterocycles. The van der Waals surface area contributed by atoms with Crippen LogP contribution in [-0.2, 0) is 16.0 Å². The van der Waals surface area contributed by atoms with Crippen molar-refractivity contribution in [2.24, 2.45) is 5.73 Å². The van der Waals surface area contributed by atoms with Gasteiger partial charge in [0, 0.05) is 6.42 Å². The molecule has 0 bridgehead atoms. The molecule has 5 heteroatoms. The number of ether oxygens (including phenoxy) is 1. The second-order valence-corrected chi connectivity index (χ2v) is 3.25. The number of nitrogens with zero attached hydrogens (tertiary/aromatic N) is 1. The molecule has 0 amide bonds. The van der Waals surface area contributed by atoms with Crippen molar-refractivity contribution < 1.29 is 13.9 Å². The number of hydrogen-bond donors (Lipinski definition) is 1. The van der Waals surface area contributed by atoms with E-state index in [1.54, 1.807) is 0 Å². The molecule has 0 unspecified atom stereocenters. The molecule has 0 heterocycles. The summed E-state index contributed by atoms with van der Waals surface area (Å²) in [5, 5.41) is 8.65. The lowest BCUT2D eigenvalue weighted by Crippen LogP contribution is -2.33. The molecule has 16 heavy (non-hydrogen) atoms. The van der Waals surface area contributed by atoms with Crippen molar-refractivity contribution >= 4 is 5.97 Å². The molecule has 1 aromatic rings. The number of methoxy groups -OCH3 is 1. The average Bonchev–Trinajstić information content (AvgIpc) is 2.30. The Hall–Kier alpha value is -1.93. The molecule has 0 aliphatic carbocycles. The molecule has 1 aromatic carbocycles. The molecular weight excluding hydrogens is 211 g/mol. The predicted octanol–water partition coefficient (Wildman–Crippen LogP) is 0.740. The van der Waals surface area contributed by atoms with Gasteiger partial charge in [-0.1, -0.05) is 0 Å². The van der Waals surface area contributed by atoms with Crippen molar-refractivity contribution in [3.05, 3.63) is 35.1 Å². The van der Waals surface area contributed by atoms with Crippen LogP contribution in [-0.4, -0.2) is 19.1 Å². The number of carbonyl (C=O) groups is 1. The Morgan fingerprint density at radius 1 is 1.69 bits per heavy atom. The van der Waals surface area contributed by atoms with Gasteiger partial charge >= 0.3 is 5.97 Å². The van der Waals surface area contributed by atoms with Crippen LogP contribution in [0.2, 0.25) is 0 Å². The second kappa shape index (κ2) is 5.24. The Kier molecular flexibility index (Phi) is 3.97. The van der Waals surface area contributed by atoms with Crippen molar-refractivity contribution in [1.82, 2.24) is 0 Å². The van der Waals surface area contributed by atoms with E-state index in [0.29, 0.717) is 5.56 Å². The number of rotatable bonds is 3. The number of benzene rings is 1. The van der Waals surface area contributed by atoms with E-state index in [4.69, 9.17) is 11.0 Å². The first-order valence-corrected chi connectivity index (χ1v) is 4.60. The predicted molar refractivity (Wildman–Crippen MR) is 54.8 cm³/mol. The summed E-state index contributed by atoms with van der Waals surface area (Å²) >= 11 is 0. The molecule has 1 atom stereocenters. The highest BCUT2D eigenvalue weighted by atomic mass is 19.1. The van der Waals surface area contributed by atoms with Gasteiger partial charge in [0.05, 0.1) is 18.7 Å². The first-order valence-electron chi connectivity index (χ1n) is 4.60. The highest BCUT2D eigenvalue weighted by Gasteiger charge is 2.16. The van der Waals surface area contributed by atoms with Gasteiger partial charge in [-0.3, -0.25) is 4.79 Å². The first-order chi connectivity index (χ1) is 7.58. The summed E-state index contributed by atoms with van der Waals surface area (Å²) in [6.45, 7) is 0. The lowest BCUT2D eigenvalue weighted by molar-refractivity contribution is -0.142. The van der Waals surface area contributed by atoms with Crippen LogP contribution in [0.4, 0.5) is 4.39 Å². The Morgan fingerprint density at radius 2 is 2.38 bits per heavy atom. The Balaban J connectivity index is 2.88. The fourth-order valence-corrected chi connectivity index (χ4v) is 1.27. The van der Waals surface area contributed by atoms with Gasteiger partial charge in [-0.15, -0.1) is 0 Å². The molecule has 0 radical (unpaired) electrons. The van der Waals surface area contributed by atoms with Gasteiger partial charge in [-0.2, -0.15) is 5.26 Å². The molecule has 0 fully saturated rings. The van der Waals surface area contributed by atoms with Gasteiger partial charge in [0.25, 0.3) is 0 Å². The zero-order valence-corrected chi connectivity index (χ0v) is 8.74. The minimum atomic E-state index is -0.923. The summed E-state index contributed by atoms with van der Waals surface area (Å²) < 4.78 is 17.7. The molecule has 4 nitrogen and oxygen atoms in total. The summed E-state index contributed by atoms with van der Waals surface area (Å²) in [4.78, 5) is 11.0. The molecule has 1 rings (SSSR count). The standard InChI is InChI=1S/C11H11FN2O2/c1-16-11(15)10(14)5-8-4-7(6-13)2-3-9(8)12/h2-4,10H,5,14H2,1H3/t10-/m0/s1. The average molecular weight is 222 g/mol. The van der Waals surface area contributed by atoms with Crippen LogP contribution in [0.25, 0.3) is 0 Å². The summed E-state index contributed by atoms with van der Waals surface area (Å²) in [5.74, 6) is -1.10. The van der Waals surface area contributed by atoms with Gasteiger partial charge < -0.3 is 10.5 Å². The summed E-state index contributed by atoms with van der Waals surface area (Å²) in [6.07, 6.45) is 0.00796. The summed E-state index contributed by atoms with van der Waals surface area (Å²) in [6, 6.07) is 4.88. The molecular formula is C11H11FN2O2. The quantitative estimate of drug-likeness (QED) is 0.765. The number of nitriles is 1. The third-order valence-electron chi connectivity index (χ3n) is 2.12. The number of carbonyl (C=O) groups excluding carboxylic acids is 1. The van der Waals surface area contributed by atoms with E-state index < -0.39 is 17.8 Å². The van der Waals surface area contributed by atoms with Crippen molar-refractivity contribution in [2.75, 3.05) is 7.11 Å². The van der Waals surface area contributed by atoms with E-state index in [-0.39, 0.29) is 12.0 Å². The zero-order chi connectivity index (χ0) is 12.1. The van der Waals surface area contributed by atoms with Crippen LogP contribution in [0.3, 0.4) is 0 Å². The van der Waals surface area contributed by atoms with Crippen molar-refractivity contribution in [3.63, 3.8) is 0 Å². The smallest absolute Gasteiger partial charge is 0.322 e. The molecule has 0 aliphatic heterocycles. The lowest BCUT2D eigenvalue weighted by Gasteiger charge is -2.09. The Bertz CT molecular complexity index is 440. The third kappa shape index (κ3) is 2.78. The van der Waals surface area contributed by atoms with Crippen molar-refractivity contribution in [2.45, 2.75) is 12.5 Å². The molecule has 0 spiro atoms. The van der Waals surface area contributed by atoms with Crippen LogP contribution in [0.5, 0.6) is 0 Å². The zero-order valence-electron chi connectivity index (χ0n) is 8.74. The highest BCUT2D eigenvalue weighted by Crippen LogP contribution is 2.12. The molecule has 84 valence electrons. The Labute approximate surface area is 92.4 Å². The SMILES string of the molecule is COC(=O)[C@@H](N)Cc1cc(C#N)ccc1F. The maximum atomic E-state index is 13.3. The fraction of sp³-hybridized carbons (Fsp3) is 0.273. The maximum Gasteiger partial charge on any atom is 0.322 e. The molecule has 0 saturated carbocycles. The maximum absolute atomic E-state index is 13.3. The summed E-state index contributed by atoms with van der Waals surface area (Å²) in [7, 11) is 1.21. The molecule has 2 N–H and O–H groups in total. The second-order valence-electron chi connectivity index (χ2n) is 3.25. The van der Waals surface area contributed by atoms with E-state index in [9.17, 15) is 9.18 Å². The van der Waals surface area contributed by atoms with Gasteiger partial charge in [-0.25, -0.2) is 4.39 Å². The van der Waals surface area contributed by atoms with Crippen LogP contribution >= 0.6 is 0 Å². The minimum Gasteiger partial charge on any atom is -0.468 e. The van der Waals surface area contributed by atoms with Crippen LogP contribution in [0.1, 0.15) is 11.1 Å². The van der Waals surface area contributed by atoms with Crippen LogP contribution in [0.15, 0.2) is 18.2 Å². The molecule has 0 aliphatic rings. The monoisotopic (exact) mass is 222 g/mol. The van der Waals surface area contributed by atoms with E-state index in [0.717, 1.165) is 0 Å². The van der Waals surface area contributed by atoms with Gasteiger partial charge in [-0.05, 0) is 23.8 Å². The van der Waals surface area contributed by atoms with Gasteiger partial charge in [0.2, 0.25) is 0 Å². The van der Waals surface area contributed by atoms with Crippen molar-refractivity contribution in [1.29, 1.82) is 5.26 Å². The first kappa shape index (κ1) is 12.1. The van der Waals surface area contributed by atoms with Crippen molar-refractivity contribution in [3.8, 4) is 6.07 Å². The normalized spacial score (nSPS) is 11.6. The van der Waals surface area contributed by atoms with Crippen LogP contribution < -0.4 is 5.73 Å². The number of hydrogen-bond acceptors (Lipinski definition) is 4. The summed E-state index contributed by atoms with van der Waals surface area (Å²) in [5.41, 5.74) is 6.06. The largest absolute Gasteiger partial charge is 0.468 e. The van der Waals surface area contributed by atoms with Gasteiger partial charge in [0.15, 0.2) is 0 Å². The third-order valence-corrected chi connectivity index (χ3v) is 2.12. The van der Waals surface area contributed by atoms with E-state index in [2.05, 4.69) is 4.74 Å². The minimum absolute atomic E-state index is 0.00796. The van der Waals surface area contributed by atoms with E-state index >= 15 is 0 Å². The topological polar surface area (TPSA) is 76.1 Å². The lowest BCUT2D eigenvalue weighted by atomic mass is 10.0. The van der Waals surface area contributed by atoms with E-state index in [1.807, 2.05) is 6.07 Å². The number of nitrogens with two attached hydrogens (primary N) is 1. The Morgan fingerprint density at radius 3 is 2.94 bits per heavy atom. The fourth-order valence-electron chi connectivity index (χ4n) is 1.27. The number of esters is 1. The van der Waals surface area contributed by atoms with E-state index in [1.165, 1.54) is 25.3 Å². The molecule has 0 saturated heterocycles.